The van der Waals surface area contributed by atoms with Gasteiger partial charge < -0.3 is 15.0 Å². The number of ether oxygens (including phenoxy) is 1. The minimum atomic E-state index is -0.618. The van der Waals surface area contributed by atoms with Crippen molar-refractivity contribution in [2.24, 2.45) is 0 Å². The number of rotatable bonds is 5. The molecule has 0 radical (unpaired) electrons. The van der Waals surface area contributed by atoms with Crippen molar-refractivity contribution in [1.29, 1.82) is 0 Å². The van der Waals surface area contributed by atoms with Gasteiger partial charge in [-0.15, -0.1) is 11.3 Å². The summed E-state index contributed by atoms with van der Waals surface area (Å²) in [6.45, 7) is 0.205. The molecule has 29 heavy (non-hydrogen) atoms. The third-order valence-corrected chi connectivity index (χ3v) is 6.43. The number of thiophene rings is 1. The molecule has 2 amide bonds. The van der Waals surface area contributed by atoms with Gasteiger partial charge >= 0.3 is 5.97 Å². The van der Waals surface area contributed by atoms with Crippen molar-refractivity contribution in [3.63, 3.8) is 0 Å². The van der Waals surface area contributed by atoms with Crippen LogP contribution in [0.1, 0.15) is 52.5 Å². The molecule has 0 saturated carbocycles. The van der Waals surface area contributed by atoms with E-state index in [1.54, 1.807) is 11.0 Å². The summed E-state index contributed by atoms with van der Waals surface area (Å²) in [5.41, 5.74) is 2.40. The largest absolute Gasteiger partial charge is 0.454 e. The lowest BCUT2D eigenvalue weighted by Crippen LogP contribution is -2.42. The molecule has 1 aromatic heterocycles. The molecular weight excluding hydrogens is 388 g/mol. The summed E-state index contributed by atoms with van der Waals surface area (Å²) in [4.78, 5) is 39.7. The third-order valence-electron chi connectivity index (χ3n) is 5.57. The normalized spacial score (nSPS) is 20.8. The van der Waals surface area contributed by atoms with Crippen molar-refractivity contribution in [3.05, 3.63) is 57.8 Å². The Morgan fingerprint density at radius 3 is 2.79 bits per heavy atom. The monoisotopic (exact) mass is 412 g/mol. The molecule has 1 aromatic carbocycles. The van der Waals surface area contributed by atoms with Gasteiger partial charge in [-0.25, -0.2) is 4.79 Å². The molecule has 2 heterocycles. The van der Waals surface area contributed by atoms with Crippen molar-refractivity contribution in [3.8, 4) is 0 Å². The number of amides is 2. The molecule has 7 heteroatoms. The van der Waals surface area contributed by atoms with Crippen molar-refractivity contribution in [2.45, 2.75) is 44.2 Å². The highest BCUT2D eigenvalue weighted by Gasteiger charge is 2.36. The second kappa shape index (κ2) is 8.78. The molecule has 1 saturated heterocycles. The Bertz CT molecular complexity index is 896. The summed E-state index contributed by atoms with van der Waals surface area (Å²) in [6, 6.07) is 11.0. The Hall–Kier alpha value is -2.67. The lowest BCUT2D eigenvalue weighted by atomic mass is 9.88. The molecule has 4 rings (SSSR count). The Kier molecular flexibility index (Phi) is 5.94. The maximum Gasteiger partial charge on any atom is 0.329 e. The number of hydrogen-bond donors (Lipinski definition) is 1. The fraction of sp³-hybridized carbons (Fsp3) is 0.409. The van der Waals surface area contributed by atoms with Gasteiger partial charge in [0.15, 0.2) is 6.61 Å². The van der Waals surface area contributed by atoms with Crippen LogP contribution < -0.4 is 5.32 Å². The van der Waals surface area contributed by atoms with Crippen molar-refractivity contribution in [1.82, 2.24) is 10.2 Å². The van der Waals surface area contributed by atoms with E-state index in [1.807, 2.05) is 29.6 Å². The topological polar surface area (TPSA) is 75.7 Å². The van der Waals surface area contributed by atoms with Gasteiger partial charge in [-0.1, -0.05) is 30.3 Å². The van der Waals surface area contributed by atoms with Gasteiger partial charge in [0.2, 0.25) is 0 Å². The maximum absolute atomic E-state index is 12.6. The van der Waals surface area contributed by atoms with Crippen LogP contribution in [0.2, 0.25) is 0 Å². The fourth-order valence-corrected chi connectivity index (χ4v) is 4.85. The molecular formula is C22H24N2O4S. The van der Waals surface area contributed by atoms with Crippen LogP contribution >= 0.6 is 11.3 Å². The Morgan fingerprint density at radius 1 is 1.10 bits per heavy atom. The number of benzene rings is 1. The van der Waals surface area contributed by atoms with E-state index in [-0.39, 0.29) is 24.5 Å². The van der Waals surface area contributed by atoms with Gasteiger partial charge in [-0.05, 0) is 54.7 Å². The molecule has 2 atom stereocenters. The smallest absolute Gasteiger partial charge is 0.329 e. The minimum Gasteiger partial charge on any atom is -0.454 e. The first kappa shape index (κ1) is 19.6. The molecule has 1 N–H and O–H groups in total. The number of esters is 1. The molecule has 2 aromatic rings. The quantitative estimate of drug-likeness (QED) is 0.766. The molecule has 0 unspecified atom stereocenters. The highest BCUT2D eigenvalue weighted by Crippen LogP contribution is 2.29. The van der Waals surface area contributed by atoms with Crippen molar-refractivity contribution in [2.75, 3.05) is 13.2 Å². The zero-order valence-electron chi connectivity index (χ0n) is 16.1. The molecule has 1 aliphatic carbocycles. The summed E-state index contributed by atoms with van der Waals surface area (Å²) < 4.78 is 5.27. The van der Waals surface area contributed by atoms with E-state index in [4.69, 9.17) is 4.74 Å². The number of nitrogens with one attached hydrogen (secondary N) is 1. The summed E-state index contributed by atoms with van der Waals surface area (Å²) in [7, 11) is 0. The predicted molar refractivity (Wildman–Crippen MR) is 110 cm³/mol. The first-order chi connectivity index (χ1) is 14.1. The number of likely N-dealkylation sites (tertiary alicyclic amines) is 1. The number of carbonyl (C=O) groups is 3. The van der Waals surface area contributed by atoms with E-state index < -0.39 is 12.0 Å². The average molecular weight is 413 g/mol. The second-order valence-corrected chi connectivity index (χ2v) is 8.40. The van der Waals surface area contributed by atoms with Crippen molar-refractivity contribution < 1.29 is 19.1 Å². The van der Waals surface area contributed by atoms with Crippen LogP contribution in [0.4, 0.5) is 0 Å². The zero-order chi connectivity index (χ0) is 20.2. The van der Waals surface area contributed by atoms with Crippen LogP contribution in [-0.2, 0) is 20.7 Å². The number of nitrogens with zero attached hydrogens (tertiary/aromatic N) is 1. The van der Waals surface area contributed by atoms with Crippen LogP contribution in [0, 0.1) is 0 Å². The lowest BCUT2D eigenvalue weighted by molar-refractivity contribution is -0.152. The first-order valence-electron chi connectivity index (χ1n) is 10.0. The third kappa shape index (κ3) is 4.34. The van der Waals surface area contributed by atoms with E-state index in [0.29, 0.717) is 17.8 Å². The second-order valence-electron chi connectivity index (χ2n) is 7.45. The molecule has 0 spiro atoms. The van der Waals surface area contributed by atoms with Gasteiger partial charge in [-0.2, -0.15) is 0 Å². The van der Waals surface area contributed by atoms with E-state index in [0.717, 1.165) is 31.2 Å². The fourth-order valence-electron chi connectivity index (χ4n) is 4.17. The first-order valence-corrected chi connectivity index (χ1v) is 10.9. The molecule has 2 aliphatic rings. The van der Waals surface area contributed by atoms with Crippen molar-refractivity contribution >= 4 is 29.1 Å². The Labute approximate surface area is 173 Å². The molecule has 1 aliphatic heterocycles. The summed E-state index contributed by atoms with van der Waals surface area (Å²) in [5.74, 6) is -0.969. The number of aryl methyl sites for hydroxylation is 1. The van der Waals surface area contributed by atoms with Crippen LogP contribution in [0.3, 0.4) is 0 Å². The highest BCUT2D eigenvalue weighted by molar-refractivity contribution is 7.12. The standard InChI is InChI=1S/C22H24N2O4S/c25-20(23-17-9-3-7-15-6-1-2-8-16(15)17)14-28-22(27)18-10-4-12-24(18)21(26)19-11-5-13-29-19/h1-2,5-6,8,11,13,17-18H,3-4,7,9-10,12,14H2,(H,23,25)/t17-,18+/m1/s1. The van der Waals surface area contributed by atoms with Gasteiger partial charge in [-0.3, -0.25) is 9.59 Å². The van der Waals surface area contributed by atoms with Crippen LogP contribution in [0.5, 0.6) is 0 Å². The maximum atomic E-state index is 12.6. The van der Waals surface area contributed by atoms with E-state index in [2.05, 4.69) is 11.4 Å². The number of carbonyl (C=O) groups excluding carboxylic acids is 3. The van der Waals surface area contributed by atoms with E-state index in [1.165, 1.54) is 16.9 Å². The zero-order valence-corrected chi connectivity index (χ0v) is 17.0. The summed E-state index contributed by atoms with van der Waals surface area (Å²) >= 11 is 1.36. The van der Waals surface area contributed by atoms with Crippen LogP contribution in [0.15, 0.2) is 41.8 Å². The summed E-state index contributed by atoms with van der Waals surface area (Å²) in [5, 5.41) is 4.82. The molecule has 6 nitrogen and oxygen atoms in total. The van der Waals surface area contributed by atoms with Crippen LogP contribution in [-0.4, -0.2) is 41.9 Å². The minimum absolute atomic E-state index is 0.0467. The SMILES string of the molecule is O=C(COC(=O)[C@@H]1CCCN1C(=O)c1cccs1)N[C@@H]1CCCc2ccccc21. The van der Waals surface area contributed by atoms with Gasteiger partial charge in [0, 0.05) is 6.54 Å². The highest BCUT2D eigenvalue weighted by atomic mass is 32.1. The molecule has 0 bridgehead atoms. The Balaban J connectivity index is 1.31. The summed E-state index contributed by atoms with van der Waals surface area (Å²) in [6.07, 6.45) is 4.23. The predicted octanol–water partition coefficient (Wildman–Crippen LogP) is 3.09. The number of hydrogen-bond acceptors (Lipinski definition) is 5. The van der Waals surface area contributed by atoms with E-state index >= 15 is 0 Å². The molecule has 152 valence electrons. The van der Waals surface area contributed by atoms with Crippen LogP contribution in [0.25, 0.3) is 0 Å². The average Bonchev–Trinajstić information content (AvgIpc) is 3.44. The Morgan fingerprint density at radius 2 is 1.97 bits per heavy atom. The van der Waals surface area contributed by atoms with E-state index in [9.17, 15) is 14.4 Å². The van der Waals surface area contributed by atoms with Gasteiger partial charge in [0.25, 0.3) is 11.8 Å². The lowest BCUT2D eigenvalue weighted by Gasteiger charge is -2.26. The molecule has 1 fully saturated rings. The van der Waals surface area contributed by atoms with Gasteiger partial charge in [0.05, 0.1) is 10.9 Å². The number of fused-ring (bicyclic) bond motifs is 1. The van der Waals surface area contributed by atoms with Gasteiger partial charge in [0.1, 0.15) is 6.04 Å².